The fourth-order valence-corrected chi connectivity index (χ4v) is 5.60. The van der Waals surface area contributed by atoms with E-state index >= 15 is 0 Å². The maximum absolute atomic E-state index is 9.99. The highest BCUT2D eigenvalue weighted by Gasteiger charge is 2.27. The summed E-state index contributed by atoms with van der Waals surface area (Å²) in [5.41, 5.74) is 6.33. The summed E-state index contributed by atoms with van der Waals surface area (Å²) in [6, 6.07) is 19.3. The zero-order valence-corrected chi connectivity index (χ0v) is 20.5. The molecule has 2 atom stereocenters. The molecule has 1 fully saturated rings. The van der Waals surface area contributed by atoms with Crippen molar-refractivity contribution in [3.63, 3.8) is 0 Å². The Morgan fingerprint density at radius 1 is 1.09 bits per heavy atom. The first-order valence-electron chi connectivity index (χ1n) is 11.3. The molecule has 1 unspecified atom stereocenters. The van der Waals surface area contributed by atoms with Crippen LogP contribution in [0.3, 0.4) is 0 Å². The van der Waals surface area contributed by atoms with Crippen molar-refractivity contribution in [1.82, 2.24) is 4.98 Å². The molecule has 5 heteroatoms. The Morgan fingerprint density at radius 3 is 2.62 bits per heavy atom. The molecule has 168 valence electrons. The molecule has 0 aliphatic carbocycles. The van der Waals surface area contributed by atoms with Gasteiger partial charge in [0.2, 0.25) is 0 Å². The van der Waals surface area contributed by atoms with E-state index < -0.39 is 0 Å². The molecular weight excluding hydrogens is 436 g/mol. The number of aliphatic hydroxyl groups excluding tert-OH is 1. The first kappa shape index (κ1) is 23.2. The SMILES string of the molecule is CC(C)c1ccccc1-c1ccc(N2CCC(Sc3ccc(Cl)cn3)C2)c([C@H](C)CO)c1. The molecule has 0 radical (unpaired) electrons. The van der Waals surface area contributed by atoms with Crippen LogP contribution >= 0.6 is 23.4 Å². The highest BCUT2D eigenvalue weighted by atomic mass is 35.5. The van der Waals surface area contributed by atoms with Crippen LogP contribution in [0, 0.1) is 0 Å². The molecule has 32 heavy (non-hydrogen) atoms. The minimum Gasteiger partial charge on any atom is -0.396 e. The smallest absolute Gasteiger partial charge is 0.0964 e. The predicted molar refractivity (Wildman–Crippen MR) is 137 cm³/mol. The molecule has 1 aromatic heterocycles. The average molecular weight is 467 g/mol. The van der Waals surface area contributed by atoms with Crippen LogP contribution in [0.15, 0.2) is 65.8 Å². The van der Waals surface area contributed by atoms with Crippen molar-refractivity contribution in [1.29, 1.82) is 0 Å². The number of hydrogen-bond acceptors (Lipinski definition) is 4. The number of rotatable bonds is 7. The third-order valence-corrected chi connectivity index (χ3v) is 7.62. The molecule has 0 bridgehead atoms. The Bertz CT molecular complexity index is 1050. The normalized spacial score (nSPS) is 17.2. The van der Waals surface area contributed by atoms with E-state index in [2.05, 4.69) is 73.1 Å². The number of aromatic nitrogens is 1. The number of halogens is 1. The third-order valence-electron chi connectivity index (χ3n) is 6.20. The van der Waals surface area contributed by atoms with Gasteiger partial charge in [0.15, 0.2) is 0 Å². The lowest BCUT2D eigenvalue weighted by molar-refractivity contribution is 0.273. The van der Waals surface area contributed by atoms with Crippen molar-refractivity contribution in [3.05, 3.63) is 76.9 Å². The van der Waals surface area contributed by atoms with Gasteiger partial charge in [-0.05, 0) is 58.9 Å². The predicted octanol–water partition coefficient (Wildman–Crippen LogP) is 6.99. The molecule has 0 saturated carbocycles. The molecule has 2 aromatic carbocycles. The van der Waals surface area contributed by atoms with Gasteiger partial charge in [0.25, 0.3) is 0 Å². The maximum Gasteiger partial charge on any atom is 0.0964 e. The van der Waals surface area contributed by atoms with Gasteiger partial charge in [-0.25, -0.2) is 4.98 Å². The minimum atomic E-state index is 0.0841. The van der Waals surface area contributed by atoms with Gasteiger partial charge < -0.3 is 10.0 Å². The lowest BCUT2D eigenvalue weighted by atomic mass is 9.89. The van der Waals surface area contributed by atoms with Crippen LogP contribution in [-0.2, 0) is 0 Å². The van der Waals surface area contributed by atoms with E-state index in [0.29, 0.717) is 16.2 Å². The third kappa shape index (κ3) is 5.14. The monoisotopic (exact) mass is 466 g/mol. The van der Waals surface area contributed by atoms with Gasteiger partial charge in [-0.15, -0.1) is 11.8 Å². The van der Waals surface area contributed by atoms with E-state index in [1.54, 1.807) is 6.20 Å². The van der Waals surface area contributed by atoms with E-state index in [1.165, 1.54) is 27.9 Å². The molecular formula is C27H31ClN2OS. The fourth-order valence-electron chi connectivity index (χ4n) is 4.41. The number of hydrogen-bond donors (Lipinski definition) is 1. The molecule has 1 aliphatic rings. The zero-order chi connectivity index (χ0) is 22.7. The number of nitrogens with zero attached hydrogens (tertiary/aromatic N) is 2. The summed E-state index contributed by atoms with van der Waals surface area (Å²) < 4.78 is 0. The van der Waals surface area contributed by atoms with Crippen molar-refractivity contribution in [2.24, 2.45) is 0 Å². The topological polar surface area (TPSA) is 36.4 Å². The number of anilines is 1. The average Bonchev–Trinajstić information content (AvgIpc) is 3.28. The Hall–Kier alpha value is -2.01. The molecule has 4 rings (SSSR count). The molecule has 3 nitrogen and oxygen atoms in total. The lowest BCUT2D eigenvalue weighted by Crippen LogP contribution is -2.22. The van der Waals surface area contributed by atoms with Crippen LogP contribution in [-0.4, -0.2) is 35.0 Å². The van der Waals surface area contributed by atoms with Gasteiger partial charge in [0.05, 0.1) is 10.0 Å². The first-order valence-corrected chi connectivity index (χ1v) is 12.6. The Labute approximate surface area is 200 Å². The number of thioether (sulfide) groups is 1. The zero-order valence-electron chi connectivity index (χ0n) is 19.0. The van der Waals surface area contributed by atoms with Crippen LogP contribution in [0.4, 0.5) is 5.69 Å². The van der Waals surface area contributed by atoms with Gasteiger partial charge in [-0.3, -0.25) is 0 Å². The molecule has 0 spiro atoms. The van der Waals surface area contributed by atoms with Gasteiger partial charge in [0.1, 0.15) is 0 Å². The fraction of sp³-hybridized carbons (Fsp3) is 0.370. The second kappa shape index (κ2) is 10.3. The number of aliphatic hydroxyl groups is 1. The van der Waals surface area contributed by atoms with E-state index in [1.807, 2.05) is 23.9 Å². The summed E-state index contributed by atoms with van der Waals surface area (Å²) in [6.45, 7) is 8.71. The minimum absolute atomic E-state index is 0.0841. The van der Waals surface area contributed by atoms with Crippen molar-refractivity contribution < 1.29 is 5.11 Å². The van der Waals surface area contributed by atoms with Gasteiger partial charge >= 0.3 is 0 Å². The van der Waals surface area contributed by atoms with Crippen molar-refractivity contribution in [2.75, 3.05) is 24.6 Å². The van der Waals surface area contributed by atoms with Crippen LogP contribution in [0.5, 0.6) is 0 Å². The molecule has 0 amide bonds. The Balaban J connectivity index is 1.60. The molecule has 3 aromatic rings. The summed E-state index contributed by atoms with van der Waals surface area (Å²) in [6.07, 6.45) is 2.82. The van der Waals surface area contributed by atoms with Crippen LogP contribution in [0.25, 0.3) is 11.1 Å². The molecule has 1 aliphatic heterocycles. The standard InChI is InChI=1S/C27H31ClN2OS/c1-18(2)23-6-4-5-7-24(23)20-8-10-26(25(14-20)19(3)17-31)30-13-12-22(16-30)32-27-11-9-21(28)15-29-27/h4-11,14-15,18-19,22,31H,12-13,16-17H2,1-3H3/t19-,22?/m1/s1. The quantitative estimate of drug-likeness (QED) is 0.407. The highest BCUT2D eigenvalue weighted by molar-refractivity contribution is 7.99. The van der Waals surface area contributed by atoms with Crippen molar-refractivity contribution in [2.45, 2.75) is 49.3 Å². The Morgan fingerprint density at radius 2 is 1.91 bits per heavy atom. The summed E-state index contributed by atoms with van der Waals surface area (Å²) in [5, 5.41) is 12.2. The Kier molecular flexibility index (Phi) is 7.44. The van der Waals surface area contributed by atoms with Gasteiger partial charge in [0, 0.05) is 42.7 Å². The van der Waals surface area contributed by atoms with Crippen LogP contribution in [0.1, 0.15) is 50.2 Å². The second-order valence-corrected chi connectivity index (χ2v) is 10.6. The number of benzene rings is 2. The summed E-state index contributed by atoms with van der Waals surface area (Å²) in [5.74, 6) is 0.545. The van der Waals surface area contributed by atoms with E-state index in [0.717, 1.165) is 24.5 Å². The van der Waals surface area contributed by atoms with Crippen molar-refractivity contribution in [3.8, 4) is 11.1 Å². The summed E-state index contributed by atoms with van der Waals surface area (Å²) in [7, 11) is 0. The van der Waals surface area contributed by atoms with Gasteiger partial charge in [-0.1, -0.05) is 62.7 Å². The highest BCUT2D eigenvalue weighted by Crippen LogP contribution is 2.38. The lowest BCUT2D eigenvalue weighted by Gasteiger charge is -2.26. The van der Waals surface area contributed by atoms with E-state index in [9.17, 15) is 5.11 Å². The molecule has 1 saturated heterocycles. The van der Waals surface area contributed by atoms with E-state index in [-0.39, 0.29) is 12.5 Å². The number of pyridine rings is 1. The molecule has 1 N–H and O–H groups in total. The van der Waals surface area contributed by atoms with Crippen LogP contribution in [0.2, 0.25) is 5.02 Å². The van der Waals surface area contributed by atoms with Crippen molar-refractivity contribution >= 4 is 29.1 Å². The van der Waals surface area contributed by atoms with Crippen LogP contribution < -0.4 is 4.90 Å². The second-order valence-electron chi connectivity index (χ2n) is 8.89. The summed E-state index contributed by atoms with van der Waals surface area (Å²) in [4.78, 5) is 6.91. The summed E-state index contributed by atoms with van der Waals surface area (Å²) >= 11 is 7.80. The molecule has 2 heterocycles. The largest absolute Gasteiger partial charge is 0.396 e. The van der Waals surface area contributed by atoms with Gasteiger partial charge in [-0.2, -0.15) is 0 Å². The first-order chi connectivity index (χ1) is 15.5. The van der Waals surface area contributed by atoms with E-state index in [4.69, 9.17) is 11.6 Å². The maximum atomic E-state index is 9.99.